The lowest BCUT2D eigenvalue weighted by Gasteiger charge is -2.32. The Morgan fingerprint density at radius 3 is 3.06 bits per heavy atom. The average molecular weight is 269 g/mol. The quantitative estimate of drug-likeness (QED) is 0.752. The zero-order valence-electron chi connectivity index (χ0n) is 11.3. The Kier molecular flexibility index (Phi) is 4.72. The van der Waals surface area contributed by atoms with E-state index in [9.17, 15) is 5.11 Å². The molecule has 1 aliphatic heterocycles. The summed E-state index contributed by atoms with van der Waals surface area (Å²) in [4.78, 5) is 5.82. The van der Waals surface area contributed by atoms with E-state index in [1.165, 1.54) is 10.6 Å². The summed E-state index contributed by atoms with van der Waals surface area (Å²) in [7, 11) is 0. The zero-order chi connectivity index (χ0) is 13.0. The van der Waals surface area contributed by atoms with Gasteiger partial charge < -0.3 is 15.7 Å². The van der Waals surface area contributed by atoms with Gasteiger partial charge in [0.2, 0.25) is 0 Å². The summed E-state index contributed by atoms with van der Waals surface area (Å²) in [5.74, 6) is 0. The van der Waals surface area contributed by atoms with Crippen molar-refractivity contribution in [1.82, 2.24) is 15.6 Å². The van der Waals surface area contributed by atoms with Gasteiger partial charge in [0.1, 0.15) is 0 Å². The van der Waals surface area contributed by atoms with Crippen LogP contribution in [0, 0.1) is 6.92 Å². The minimum absolute atomic E-state index is 0.579. The van der Waals surface area contributed by atoms with Crippen molar-refractivity contribution >= 4 is 11.3 Å². The van der Waals surface area contributed by atoms with Crippen molar-refractivity contribution in [3.05, 3.63) is 15.6 Å². The summed E-state index contributed by atoms with van der Waals surface area (Å²) in [5, 5.41) is 18.1. The van der Waals surface area contributed by atoms with Gasteiger partial charge in [0.05, 0.1) is 16.3 Å². The van der Waals surface area contributed by atoms with Crippen LogP contribution < -0.4 is 10.6 Å². The molecule has 1 aromatic rings. The normalized spacial score (nSPS) is 24.4. The zero-order valence-corrected chi connectivity index (χ0v) is 12.1. The number of hydrogen-bond donors (Lipinski definition) is 3. The van der Waals surface area contributed by atoms with E-state index in [0.717, 1.165) is 37.4 Å². The Balaban J connectivity index is 1.84. The molecule has 0 aromatic carbocycles. The number of aromatic nitrogens is 1. The number of nitrogens with zero attached hydrogens (tertiary/aromatic N) is 1. The number of piperidine rings is 1. The first-order chi connectivity index (χ1) is 8.63. The molecule has 4 nitrogen and oxygen atoms in total. The molecule has 0 saturated carbocycles. The van der Waals surface area contributed by atoms with Crippen molar-refractivity contribution in [2.24, 2.45) is 0 Å². The first-order valence-electron chi connectivity index (χ1n) is 6.72. The van der Waals surface area contributed by atoms with Crippen LogP contribution >= 0.6 is 11.3 Å². The minimum Gasteiger partial charge on any atom is -0.387 e. The predicted molar refractivity (Wildman–Crippen MR) is 75.0 cm³/mol. The summed E-state index contributed by atoms with van der Waals surface area (Å²) in [6.45, 7) is 7.37. The number of β-amino-alcohol motifs (C(OH)–C–C–N with tert-alkyl or cyclic N) is 1. The van der Waals surface area contributed by atoms with Gasteiger partial charge >= 0.3 is 0 Å². The molecule has 3 N–H and O–H groups in total. The van der Waals surface area contributed by atoms with E-state index in [1.807, 2.05) is 6.92 Å². The number of hydrogen-bond acceptors (Lipinski definition) is 5. The van der Waals surface area contributed by atoms with Gasteiger partial charge in [-0.1, -0.05) is 6.92 Å². The monoisotopic (exact) mass is 269 g/mol. The molecule has 2 rings (SSSR count). The first kappa shape index (κ1) is 13.9. The van der Waals surface area contributed by atoms with E-state index in [2.05, 4.69) is 22.5 Å². The van der Waals surface area contributed by atoms with Crippen molar-refractivity contribution in [3.63, 3.8) is 0 Å². The Morgan fingerprint density at radius 1 is 1.56 bits per heavy atom. The third kappa shape index (κ3) is 3.51. The molecule has 1 fully saturated rings. The van der Waals surface area contributed by atoms with Crippen LogP contribution in [0.1, 0.15) is 35.3 Å². The predicted octanol–water partition coefficient (Wildman–Crippen LogP) is 1.22. The highest BCUT2D eigenvalue weighted by molar-refractivity contribution is 7.11. The van der Waals surface area contributed by atoms with Crippen molar-refractivity contribution in [1.29, 1.82) is 0 Å². The maximum absolute atomic E-state index is 10.3. The molecule has 0 aliphatic carbocycles. The van der Waals surface area contributed by atoms with Gasteiger partial charge in [-0.3, -0.25) is 0 Å². The lowest BCUT2D eigenvalue weighted by Crippen LogP contribution is -2.51. The molecule has 0 bridgehead atoms. The first-order valence-corrected chi connectivity index (χ1v) is 7.53. The van der Waals surface area contributed by atoms with Crippen molar-refractivity contribution in [3.8, 4) is 0 Å². The number of thiazole rings is 1. The summed E-state index contributed by atoms with van der Waals surface area (Å²) in [6, 6.07) is 0. The standard InChI is InChI=1S/C13H23N3OS/c1-3-11-12(18-10(2)16-11)7-15-9-13(17)5-4-6-14-8-13/h14-15,17H,3-9H2,1-2H3. The molecular formula is C13H23N3OS. The van der Waals surface area contributed by atoms with E-state index in [1.54, 1.807) is 11.3 Å². The van der Waals surface area contributed by atoms with Gasteiger partial charge in [0, 0.05) is 24.5 Å². The third-order valence-electron chi connectivity index (χ3n) is 3.41. The summed E-state index contributed by atoms with van der Waals surface area (Å²) in [5.41, 5.74) is 0.614. The maximum Gasteiger partial charge on any atom is 0.0900 e. The van der Waals surface area contributed by atoms with Gasteiger partial charge in [-0.2, -0.15) is 0 Å². The van der Waals surface area contributed by atoms with Crippen LogP contribution in [0.5, 0.6) is 0 Å². The third-order valence-corrected chi connectivity index (χ3v) is 4.42. The summed E-state index contributed by atoms with van der Waals surface area (Å²) >= 11 is 1.75. The largest absolute Gasteiger partial charge is 0.387 e. The second-order valence-electron chi connectivity index (χ2n) is 5.06. The van der Waals surface area contributed by atoms with Crippen LogP contribution in [0.2, 0.25) is 0 Å². The smallest absolute Gasteiger partial charge is 0.0900 e. The van der Waals surface area contributed by atoms with E-state index in [0.29, 0.717) is 13.1 Å². The molecule has 1 saturated heterocycles. The fraction of sp³-hybridized carbons (Fsp3) is 0.769. The fourth-order valence-corrected chi connectivity index (χ4v) is 3.43. The molecule has 1 unspecified atom stereocenters. The van der Waals surface area contributed by atoms with Crippen LogP contribution in [-0.2, 0) is 13.0 Å². The Labute approximate surface area is 113 Å². The Hall–Kier alpha value is -0.490. The summed E-state index contributed by atoms with van der Waals surface area (Å²) in [6.07, 6.45) is 2.92. The van der Waals surface area contributed by atoms with Crippen LogP contribution in [0.4, 0.5) is 0 Å². The van der Waals surface area contributed by atoms with Gasteiger partial charge in [-0.25, -0.2) is 4.98 Å². The van der Waals surface area contributed by atoms with E-state index >= 15 is 0 Å². The van der Waals surface area contributed by atoms with Crippen molar-refractivity contribution in [2.45, 2.75) is 45.3 Å². The Morgan fingerprint density at radius 2 is 2.39 bits per heavy atom. The molecule has 0 amide bonds. The number of aliphatic hydroxyl groups is 1. The van der Waals surface area contributed by atoms with Crippen LogP contribution in [0.15, 0.2) is 0 Å². The van der Waals surface area contributed by atoms with Gasteiger partial charge in [0.25, 0.3) is 0 Å². The molecule has 1 atom stereocenters. The highest BCUT2D eigenvalue weighted by atomic mass is 32.1. The van der Waals surface area contributed by atoms with E-state index in [4.69, 9.17) is 0 Å². The van der Waals surface area contributed by atoms with Crippen LogP contribution in [-0.4, -0.2) is 35.3 Å². The fourth-order valence-electron chi connectivity index (χ4n) is 2.44. The maximum atomic E-state index is 10.3. The second-order valence-corrected chi connectivity index (χ2v) is 6.35. The van der Waals surface area contributed by atoms with Gasteiger partial charge in [-0.15, -0.1) is 11.3 Å². The van der Waals surface area contributed by atoms with Crippen molar-refractivity contribution < 1.29 is 5.11 Å². The number of rotatable bonds is 5. The molecule has 18 heavy (non-hydrogen) atoms. The lowest BCUT2D eigenvalue weighted by molar-refractivity contribution is 0.0169. The van der Waals surface area contributed by atoms with E-state index in [-0.39, 0.29) is 0 Å². The second kappa shape index (κ2) is 6.10. The molecule has 5 heteroatoms. The molecule has 1 aliphatic rings. The minimum atomic E-state index is -0.579. The molecule has 1 aromatic heterocycles. The van der Waals surface area contributed by atoms with Gasteiger partial charge in [-0.05, 0) is 32.7 Å². The highest BCUT2D eigenvalue weighted by Gasteiger charge is 2.28. The lowest BCUT2D eigenvalue weighted by atomic mass is 9.94. The topological polar surface area (TPSA) is 57.2 Å². The van der Waals surface area contributed by atoms with Gasteiger partial charge in [0.15, 0.2) is 0 Å². The molecule has 102 valence electrons. The van der Waals surface area contributed by atoms with Crippen LogP contribution in [0.3, 0.4) is 0 Å². The molecule has 2 heterocycles. The Bertz CT molecular complexity index is 386. The molecule has 0 spiro atoms. The van der Waals surface area contributed by atoms with Crippen LogP contribution in [0.25, 0.3) is 0 Å². The van der Waals surface area contributed by atoms with E-state index < -0.39 is 5.60 Å². The average Bonchev–Trinajstić information content (AvgIpc) is 2.70. The highest BCUT2D eigenvalue weighted by Crippen LogP contribution is 2.19. The van der Waals surface area contributed by atoms with Crippen molar-refractivity contribution in [2.75, 3.05) is 19.6 Å². The molecular weight excluding hydrogens is 246 g/mol. The number of aryl methyl sites for hydroxylation is 2. The molecule has 0 radical (unpaired) electrons. The number of nitrogens with one attached hydrogen (secondary N) is 2. The summed E-state index contributed by atoms with van der Waals surface area (Å²) < 4.78 is 0. The SMILES string of the molecule is CCc1nc(C)sc1CNCC1(O)CCCNC1.